The smallest absolute Gasteiger partial charge is 0.258 e. The molecule has 0 unspecified atom stereocenters. The van der Waals surface area contributed by atoms with E-state index in [4.69, 9.17) is 26.6 Å². The minimum atomic E-state index is -0.523. The van der Waals surface area contributed by atoms with Crippen LogP contribution < -0.4 is 10.3 Å². The molecule has 6 nitrogen and oxygen atoms in total. The third kappa shape index (κ3) is 7.92. The maximum Gasteiger partial charge on any atom is 0.258 e. The fourth-order valence-corrected chi connectivity index (χ4v) is 3.88. The Morgan fingerprint density at radius 3 is 2.22 bits per heavy atom. The van der Waals surface area contributed by atoms with Crippen LogP contribution >= 0.6 is 11.6 Å². The van der Waals surface area contributed by atoms with Crippen molar-refractivity contribution in [2.24, 2.45) is 7.05 Å². The SMILES string of the molecule is C#C.C=Cc1c(-c2cc(F)c3c(c2Cl)CCCO3)c(CC=O)n(C)c(=O)c1C=C.CC(C)(C)O.CO. The molecule has 1 aromatic carbocycles. The van der Waals surface area contributed by atoms with Crippen molar-refractivity contribution in [1.29, 1.82) is 0 Å². The van der Waals surface area contributed by atoms with E-state index in [1.807, 2.05) is 0 Å². The lowest BCUT2D eigenvalue weighted by Crippen LogP contribution is -2.25. The maximum absolute atomic E-state index is 14.7. The number of aldehydes is 1. The molecule has 0 aliphatic carbocycles. The fraction of sp³-hybridized carbons (Fsp3) is 0.357. The minimum Gasteiger partial charge on any atom is -0.490 e. The van der Waals surface area contributed by atoms with Crippen LogP contribution in [0.4, 0.5) is 4.39 Å². The average Bonchev–Trinajstić information content (AvgIpc) is 2.86. The van der Waals surface area contributed by atoms with E-state index >= 15 is 0 Å². The van der Waals surface area contributed by atoms with Crippen LogP contribution in [0.3, 0.4) is 0 Å². The minimum absolute atomic E-state index is 0.0229. The first kappa shape index (κ1) is 32.8. The largest absolute Gasteiger partial charge is 0.490 e. The summed E-state index contributed by atoms with van der Waals surface area (Å²) in [6.45, 7) is 13.2. The quantitative estimate of drug-likeness (QED) is 0.436. The van der Waals surface area contributed by atoms with Crippen molar-refractivity contribution in [2.75, 3.05) is 13.7 Å². The maximum atomic E-state index is 14.7. The molecule has 0 spiro atoms. The van der Waals surface area contributed by atoms with Crippen LogP contribution in [-0.2, 0) is 24.7 Å². The highest BCUT2D eigenvalue weighted by Gasteiger charge is 2.26. The predicted molar refractivity (Wildman–Crippen MR) is 146 cm³/mol. The van der Waals surface area contributed by atoms with Crippen molar-refractivity contribution >= 4 is 30.0 Å². The van der Waals surface area contributed by atoms with Crippen molar-refractivity contribution in [3.8, 4) is 29.7 Å². The van der Waals surface area contributed by atoms with Crippen molar-refractivity contribution in [1.82, 2.24) is 4.57 Å². The number of carbonyl (C=O) groups is 1. The summed E-state index contributed by atoms with van der Waals surface area (Å²) in [6.07, 6.45) is 12.9. The van der Waals surface area contributed by atoms with E-state index in [9.17, 15) is 14.0 Å². The lowest BCUT2D eigenvalue weighted by Gasteiger charge is -2.24. The van der Waals surface area contributed by atoms with Gasteiger partial charge in [-0.25, -0.2) is 4.39 Å². The number of benzene rings is 1. The number of aromatic nitrogens is 1. The number of aliphatic hydroxyl groups is 2. The first-order valence-electron chi connectivity index (χ1n) is 11.0. The predicted octanol–water partition coefficient (Wildman–Crippen LogP) is 4.83. The van der Waals surface area contributed by atoms with Gasteiger partial charge in [-0.3, -0.25) is 4.79 Å². The van der Waals surface area contributed by atoms with Crippen LogP contribution in [0.25, 0.3) is 23.3 Å². The van der Waals surface area contributed by atoms with E-state index in [1.165, 1.54) is 22.8 Å². The summed E-state index contributed by atoms with van der Waals surface area (Å²) in [5.41, 5.74) is 1.94. The molecule has 8 heteroatoms. The van der Waals surface area contributed by atoms with E-state index in [0.717, 1.165) is 13.5 Å². The summed E-state index contributed by atoms with van der Waals surface area (Å²) >= 11 is 6.64. The van der Waals surface area contributed by atoms with E-state index in [-0.39, 0.29) is 17.7 Å². The monoisotopic (exact) mass is 519 g/mol. The molecule has 0 bridgehead atoms. The van der Waals surface area contributed by atoms with Crippen LogP contribution in [0.1, 0.15) is 49.6 Å². The highest BCUT2D eigenvalue weighted by Crippen LogP contribution is 2.43. The molecule has 0 saturated heterocycles. The Labute approximate surface area is 217 Å². The second-order valence-electron chi connectivity index (χ2n) is 8.44. The molecule has 0 saturated carbocycles. The summed E-state index contributed by atoms with van der Waals surface area (Å²) in [5.74, 6) is -0.356. The van der Waals surface area contributed by atoms with Crippen LogP contribution in [0.5, 0.6) is 5.75 Å². The number of fused-ring (bicyclic) bond motifs is 1. The fourth-order valence-electron chi connectivity index (χ4n) is 3.55. The zero-order valence-electron chi connectivity index (χ0n) is 21.5. The lowest BCUT2D eigenvalue weighted by molar-refractivity contribution is -0.107. The van der Waals surface area contributed by atoms with Gasteiger partial charge in [0.1, 0.15) is 6.29 Å². The topological polar surface area (TPSA) is 88.8 Å². The number of terminal acetylenes is 1. The Balaban J connectivity index is 0.00000119. The van der Waals surface area contributed by atoms with Crippen molar-refractivity contribution < 1.29 is 24.1 Å². The van der Waals surface area contributed by atoms with E-state index in [0.29, 0.717) is 57.8 Å². The Bertz CT molecular complexity index is 1150. The van der Waals surface area contributed by atoms with Gasteiger partial charge in [0.25, 0.3) is 5.56 Å². The van der Waals surface area contributed by atoms with Gasteiger partial charge < -0.3 is 24.3 Å². The summed E-state index contributed by atoms with van der Waals surface area (Å²) < 4.78 is 21.6. The Hall–Kier alpha value is -3.18. The molecule has 0 atom stereocenters. The molecule has 1 aliphatic heterocycles. The number of hydrogen-bond donors (Lipinski definition) is 2. The third-order valence-electron chi connectivity index (χ3n) is 4.82. The second kappa shape index (κ2) is 15.0. The van der Waals surface area contributed by atoms with Gasteiger partial charge in [-0.05, 0) is 45.2 Å². The summed E-state index contributed by atoms with van der Waals surface area (Å²) in [4.78, 5) is 23.9. The van der Waals surface area contributed by atoms with Crippen LogP contribution in [0.15, 0.2) is 24.0 Å². The van der Waals surface area contributed by atoms with Crippen LogP contribution in [0, 0.1) is 18.7 Å². The van der Waals surface area contributed by atoms with Gasteiger partial charge in [0.05, 0.1) is 17.2 Å². The molecule has 0 radical (unpaired) electrons. The van der Waals surface area contributed by atoms with Crippen LogP contribution in [-0.4, -0.2) is 40.4 Å². The average molecular weight is 520 g/mol. The van der Waals surface area contributed by atoms with Crippen molar-refractivity contribution in [3.05, 3.63) is 62.8 Å². The normalized spacial score (nSPS) is 11.5. The Kier molecular flexibility index (Phi) is 13.7. The van der Waals surface area contributed by atoms with Crippen LogP contribution in [0.2, 0.25) is 5.02 Å². The Morgan fingerprint density at radius 1 is 1.22 bits per heavy atom. The zero-order valence-corrected chi connectivity index (χ0v) is 22.3. The molecule has 0 fully saturated rings. The van der Waals surface area contributed by atoms with Gasteiger partial charge in [-0.1, -0.05) is 36.9 Å². The molecule has 196 valence electrons. The highest BCUT2D eigenvalue weighted by molar-refractivity contribution is 6.34. The summed E-state index contributed by atoms with van der Waals surface area (Å²) in [6, 6.07) is 1.29. The second-order valence-corrected chi connectivity index (χ2v) is 8.82. The zero-order chi connectivity index (χ0) is 28.2. The standard InChI is InChI=1S/C21H19ClFNO3.C4H10O.C2H2.CH4O/c1-4-12-13(5-2)21(26)24(3)17(8-9-25)18(12)15-11-16(23)20-14(19(15)22)7-6-10-27-20;1-4(2,3)5;2*1-2/h4-5,9,11H,1-2,6-8,10H2,3H3;5H,1-3H3;1-2H;2H,1H3. The van der Waals surface area contributed by atoms with Gasteiger partial charge in [-0.15, -0.1) is 12.8 Å². The third-order valence-corrected chi connectivity index (χ3v) is 5.25. The van der Waals surface area contributed by atoms with Gasteiger partial charge in [0.15, 0.2) is 11.6 Å². The number of pyridine rings is 1. The molecule has 3 rings (SSSR count). The van der Waals surface area contributed by atoms with Gasteiger partial charge in [-0.2, -0.15) is 0 Å². The number of hydrogen-bond acceptors (Lipinski definition) is 5. The number of rotatable bonds is 5. The van der Waals surface area contributed by atoms with Gasteiger partial charge >= 0.3 is 0 Å². The molecule has 1 aromatic heterocycles. The molecular formula is C28H35ClFNO5. The van der Waals surface area contributed by atoms with Crippen molar-refractivity contribution in [3.63, 3.8) is 0 Å². The van der Waals surface area contributed by atoms with Crippen molar-refractivity contribution in [2.45, 2.75) is 45.6 Å². The highest BCUT2D eigenvalue weighted by atomic mass is 35.5. The molecule has 1 aliphatic rings. The Morgan fingerprint density at radius 2 is 1.75 bits per heavy atom. The molecular weight excluding hydrogens is 485 g/mol. The number of nitrogens with zero attached hydrogens (tertiary/aromatic N) is 1. The number of ether oxygens (including phenoxy) is 1. The molecule has 2 aromatic rings. The first-order valence-corrected chi connectivity index (χ1v) is 11.4. The van der Waals surface area contributed by atoms with Gasteiger partial charge in [0.2, 0.25) is 0 Å². The molecule has 36 heavy (non-hydrogen) atoms. The molecule has 0 amide bonds. The summed E-state index contributed by atoms with van der Waals surface area (Å²) in [5, 5.41) is 15.9. The van der Waals surface area contributed by atoms with E-state index in [1.54, 1.807) is 27.8 Å². The number of carbonyl (C=O) groups excluding carboxylic acids is 1. The van der Waals surface area contributed by atoms with Gasteiger partial charge in [0, 0.05) is 48.5 Å². The van der Waals surface area contributed by atoms with E-state index in [2.05, 4.69) is 26.0 Å². The lowest BCUT2D eigenvalue weighted by atomic mass is 9.90. The first-order chi connectivity index (χ1) is 17.0. The summed E-state index contributed by atoms with van der Waals surface area (Å²) in [7, 11) is 2.57. The number of halogens is 2. The number of aliphatic hydroxyl groups excluding tert-OH is 1. The van der Waals surface area contributed by atoms with E-state index < -0.39 is 11.4 Å². The molecule has 2 N–H and O–H groups in total. The molecule has 2 heterocycles.